The zero-order chi connectivity index (χ0) is 13.8. The van der Waals surface area contributed by atoms with Gasteiger partial charge in [-0.1, -0.05) is 11.6 Å². The van der Waals surface area contributed by atoms with Crippen LogP contribution in [0.1, 0.15) is 21.5 Å². The minimum absolute atomic E-state index is 0.132. The molecular formula is C15H15NO3. The van der Waals surface area contributed by atoms with Gasteiger partial charge in [0.15, 0.2) is 5.78 Å². The third kappa shape index (κ3) is 2.73. The van der Waals surface area contributed by atoms with Crippen LogP contribution >= 0.6 is 0 Å². The summed E-state index contributed by atoms with van der Waals surface area (Å²) in [6.45, 7) is 1.93. The molecule has 0 aliphatic carbocycles. The fourth-order valence-electron chi connectivity index (χ4n) is 1.81. The van der Waals surface area contributed by atoms with Crippen molar-refractivity contribution in [1.29, 1.82) is 0 Å². The number of rotatable bonds is 4. The van der Waals surface area contributed by atoms with Crippen molar-refractivity contribution >= 4 is 5.78 Å². The van der Waals surface area contributed by atoms with Crippen molar-refractivity contribution < 1.29 is 14.3 Å². The van der Waals surface area contributed by atoms with Gasteiger partial charge in [-0.15, -0.1) is 0 Å². The van der Waals surface area contributed by atoms with E-state index in [1.807, 2.05) is 13.0 Å². The average molecular weight is 257 g/mol. The Morgan fingerprint density at radius 2 is 1.89 bits per heavy atom. The molecule has 0 spiro atoms. The minimum atomic E-state index is -0.132. The number of ether oxygens (including phenoxy) is 2. The Labute approximate surface area is 112 Å². The Morgan fingerprint density at radius 1 is 1.11 bits per heavy atom. The molecule has 0 fully saturated rings. The van der Waals surface area contributed by atoms with Crippen LogP contribution in [0.3, 0.4) is 0 Å². The normalized spacial score (nSPS) is 10.1. The van der Waals surface area contributed by atoms with Gasteiger partial charge < -0.3 is 9.47 Å². The number of benzene rings is 1. The molecule has 1 aromatic heterocycles. The molecule has 0 amide bonds. The predicted molar refractivity (Wildman–Crippen MR) is 72.0 cm³/mol. The predicted octanol–water partition coefficient (Wildman–Crippen LogP) is 2.64. The first-order chi connectivity index (χ1) is 9.15. The summed E-state index contributed by atoms with van der Waals surface area (Å²) < 4.78 is 10.3. The van der Waals surface area contributed by atoms with E-state index in [4.69, 9.17) is 9.47 Å². The molecule has 19 heavy (non-hydrogen) atoms. The Kier molecular flexibility index (Phi) is 3.80. The first-order valence-electron chi connectivity index (χ1n) is 5.84. The Balaban J connectivity index is 2.46. The molecular weight excluding hydrogens is 242 g/mol. The number of hydrogen-bond acceptors (Lipinski definition) is 4. The van der Waals surface area contributed by atoms with Gasteiger partial charge in [-0.3, -0.25) is 9.78 Å². The van der Waals surface area contributed by atoms with Crippen molar-refractivity contribution in [2.75, 3.05) is 14.2 Å². The van der Waals surface area contributed by atoms with E-state index in [9.17, 15) is 4.79 Å². The number of aryl methyl sites for hydroxylation is 1. The number of aromatic nitrogens is 1. The maximum absolute atomic E-state index is 12.5. The Morgan fingerprint density at radius 3 is 2.58 bits per heavy atom. The summed E-state index contributed by atoms with van der Waals surface area (Å²) in [5.74, 6) is 0.975. The van der Waals surface area contributed by atoms with Crippen LogP contribution in [-0.2, 0) is 0 Å². The standard InChI is InChI=1S/C15H15NO3/c1-10-4-5-14(19-3)13(6-10)15(17)11-7-12(18-2)9-16-8-11/h4-9H,1-3H3. The second-order valence-corrected chi connectivity index (χ2v) is 4.15. The molecule has 2 rings (SSSR count). The SMILES string of the molecule is COc1cncc(C(=O)c2cc(C)ccc2OC)c1. The van der Waals surface area contributed by atoms with Crippen molar-refractivity contribution in [2.45, 2.75) is 6.92 Å². The number of carbonyl (C=O) groups is 1. The van der Waals surface area contributed by atoms with Crippen molar-refractivity contribution in [3.05, 3.63) is 53.3 Å². The summed E-state index contributed by atoms with van der Waals surface area (Å²) >= 11 is 0. The van der Waals surface area contributed by atoms with Gasteiger partial charge in [-0.25, -0.2) is 0 Å². The van der Waals surface area contributed by atoms with Crippen LogP contribution in [0.5, 0.6) is 11.5 Å². The maximum atomic E-state index is 12.5. The lowest BCUT2D eigenvalue weighted by Crippen LogP contribution is -2.05. The summed E-state index contributed by atoms with van der Waals surface area (Å²) in [6.07, 6.45) is 3.08. The van der Waals surface area contributed by atoms with Gasteiger partial charge in [-0.05, 0) is 25.1 Å². The molecule has 4 nitrogen and oxygen atoms in total. The van der Waals surface area contributed by atoms with Crippen LogP contribution in [0.25, 0.3) is 0 Å². The van der Waals surface area contributed by atoms with E-state index in [-0.39, 0.29) is 5.78 Å². The zero-order valence-electron chi connectivity index (χ0n) is 11.1. The van der Waals surface area contributed by atoms with E-state index in [0.29, 0.717) is 22.6 Å². The summed E-state index contributed by atoms with van der Waals surface area (Å²) in [6, 6.07) is 7.16. The number of pyridine rings is 1. The molecule has 98 valence electrons. The monoisotopic (exact) mass is 257 g/mol. The Bertz CT molecular complexity index is 608. The van der Waals surface area contributed by atoms with Gasteiger partial charge in [0.1, 0.15) is 11.5 Å². The van der Waals surface area contributed by atoms with Gasteiger partial charge in [0.25, 0.3) is 0 Å². The fraction of sp³-hybridized carbons (Fsp3) is 0.200. The van der Waals surface area contributed by atoms with E-state index >= 15 is 0 Å². The highest BCUT2D eigenvalue weighted by molar-refractivity contribution is 6.10. The molecule has 0 aliphatic heterocycles. The quantitative estimate of drug-likeness (QED) is 0.790. The molecule has 2 aromatic rings. The number of methoxy groups -OCH3 is 2. The molecule has 1 aromatic carbocycles. The lowest BCUT2D eigenvalue weighted by molar-refractivity contribution is 0.103. The molecule has 0 saturated heterocycles. The van der Waals surface area contributed by atoms with Gasteiger partial charge in [-0.2, -0.15) is 0 Å². The summed E-state index contributed by atoms with van der Waals surface area (Å²) in [5, 5.41) is 0. The molecule has 0 N–H and O–H groups in total. The van der Waals surface area contributed by atoms with Crippen LogP contribution in [0, 0.1) is 6.92 Å². The van der Waals surface area contributed by atoms with Crippen LogP contribution in [0.2, 0.25) is 0 Å². The van der Waals surface area contributed by atoms with Crippen LogP contribution in [0.4, 0.5) is 0 Å². The average Bonchev–Trinajstić information content (AvgIpc) is 2.46. The van der Waals surface area contributed by atoms with Crippen molar-refractivity contribution in [2.24, 2.45) is 0 Å². The van der Waals surface area contributed by atoms with Crippen molar-refractivity contribution in [1.82, 2.24) is 4.98 Å². The van der Waals surface area contributed by atoms with Gasteiger partial charge in [0.2, 0.25) is 0 Å². The number of hydrogen-bond donors (Lipinski definition) is 0. The largest absolute Gasteiger partial charge is 0.496 e. The second-order valence-electron chi connectivity index (χ2n) is 4.15. The first kappa shape index (κ1) is 13.1. The molecule has 1 heterocycles. The minimum Gasteiger partial charge on any atom is -0.496 e. The van der Waals surface area contributed by atoms with E-state index < -0.39 is 0 Å². The highest BCUT2D eigenvalue weighted by Crippen LogP contribution is 2.23. The maximum Gasteiger partial charge on any atom is 0.198 e. The fourth-order valence-corrected chi connectivity index (χ4v) is 1.81. The summed E-state index contributed by atoms with van der Waals surface area (Å²) in [4.78, 5) is 16.5. The number of ketones is 1. The first-order valence-corrected chi connectivity index (χ1v) is 5.84. The van der Waals surface area contributed by atoms with Crippen LogP contribution in [0.15, 0.2) is 36.7 Å². The van der Waals surface area contributed by atoms with Crippen molar-refractivity contribution in [3.63, 3.8) is 0 Å². The zero-order valence-corrected chi connectivity index (χ0v) is 11.1. The lowest BCUT2D eigenvalue weighted by Gasteiger charge is -2.09. The van der Waals surface area contributed by atoms with E-state index in [1.54, 1.807) is 38.6 Å². The lowest BCUT2D eigenvalue weighted by atomic mass is 10.0. The number of nitrogens with zero attached hydrogens (tertiary/aromatic N) is 1. The van der Waals surface area contributed by atoms with Crippen molar-refractivity contribution in [3.8, 4) is 11.5 Å². The molecule has 0 aliphatic rings. The summed E-state index contributed by atoms with van der Waals surface area (Å²) in [5.41, 5.74) is 2.00. The smallest absolute Gasteiger partial charge is 0.198 e. The third-order valence-electron chi connectivity index (χ3n) is 2.81. The highest BCUT2D eigenvalue weighted by atomic mass is 16.5. The van der Waals surface area contributed by atoms with Gasteiger partial charge in [0.05, 0.1) is 26.0 Å². The van der Waals surface area contributed by atoms with E-state index in [2.05, 4.69) is 4.98 Å². The molecule has 0 saturated carbocycles. The van der Waals surface area contributed by atoms with E-state index in [0.717, 1.165) is 5.56 Å². The molecule has 0 radical (unpaired) electrons. The Hall–Kier alpha value is -2.36. The molecule has 0 atom stereocenters. The van der Waals surface area contributed by atoms with Crippen LogP contribution in [-0.4, -0.2) is 25.0 Å². The topological polar surface area (TPSA) is 48.4 Å². The number of carbonyl (C=O) groups excluding carboxylic acids is 1. The summed E-state index contributed by atoms with van der Waals surface area (Å²) in [7, 11) is 3.09. The van der Waals surface area contributed by atoms with Gasteiger partial charge in [0, 0.05) is 11.8 Å². The third-order valence-corrected chi connectivity index (χ3v) is 2.81. The van der Waals surface area contributed by atoms with E-state index in [1.165, 1.54) is 6.20 Å². The molecule has 0 unspecified atom stereocenters. The van der Waals surface area contributed by atoms with Gasteiger partial charge >= 0.3 is 0 Å². The second kappa shape index (κ2) is 5.52. The van der Waals surface area contributed by atoms with Crippen LogP contribution < -0.4 is 9.47 Å². The molecule has 0 bridgehead atoms. The highest BCUT2D eigenvalue weighted by Gasteiger charge is 2.15. The molecule has 4 heteroatoms.